The first-order valence-electron chi connectivity index (χ1n) is 5.98. The van der Waals surface area contributed by atoms with Gasteiger partial charge in [-0.2, -0.15) is 5.26 Å². The molecule has 1 aliphatic carbocycles. The summed E-state index contributed by atoms with van der Waals surface area (Å²) >= 11 is 0. The summed E-state index contributed by atoms with van der Waals surface area (Å²) in [6.45, 7) is 1.96. The van der Waals surface area contributed by atoms with E-state index in [4.69, 9.17) is 4.74 Å². The molecule has 1 N–H and O–H groups in total. The zero-order valence-corrected chi connectivity index (χ0v) is 10.4. The third-order valence-electron chi connectivity index (χ3n) is 3.08. The van der Waals surface area contributed by atoms with Crippen molar-refractivity contribution >= 4 is 0 Å². The van der Waals surface area contributed by atoms with Gasteiger partial charge in [-0.25, -0.2) is 0 Å². The quantitative estimate of drug-likeness (QED) is 0.844. The molecule has 90 valence electrons. The molecule has 1 saturated carbocycles. The van der Waals surface area contributed by atoms with Gasteiger partial charge in [0.25, 0.3) is 0 Å². The van der Waals surface area contributed by atoms with Crippen molar-refractivity contribution in [2.24, 2.45) is 0 Å². The number of nitrogens with zero attached hydrogens (tertiary/aromatic N) is 1. The summed E-state index contributed by atoms with van der Waals surface area (Å²) in [6.07, 6.45) is 3.04. The highest BCUT2D eigenvalue weighted by Crippen LogP contribution is 2.27. The summed E-state index contributed by atoms with van der Waals surface area (Å²) in [5.74, 6) is 0.853. The van der Waals surface area contributed by atoms with Crippen LogP contribution in [0.3, 0.4) is 0 Å². The lowest BCUT2D eigenvalue weighted by Gasteiger charge is -2.24. The molecule has 0 aliphatic heterocycles. The Morgan fingerprint density at radius 2 is 2.18 bits per heavy atom. The highest BCUT2D eigenvalue weighted by Gasteiger charge is 2.33. The highest BCUT2D eigenvalue weighted by atomic mass is 16.5. The topological polar surface area (TPSA) is 45.0 Å². The van der Waals surface area contributed by atoms with Gasteiger partial charge in [-0.05, 0) is 31.4 Å². The van der Waals surface area contributed by atoms with Gasteiger partial charge in [0.15, 0.2) is 0 Å². The van der Waals surface area contributed by atoms with Crippen LogP contribution < -0.4 is 10.1 Å². The number of rotatable bonds is 5. The average Bonchev–Trinajstić information content (AvgIpc) is 3.13. The van der Waals surface area contributed by atoms with E-state index in [2.05, 4.69) is 11.4 Å². The van der Waals surface area contributed by atoms with Gasteiger partial charge in [0.05, 0.1) is 13.2 Å². The molecule has 0 bridgehead atoms. The number of nitrogens with one attached hydrogen (secondary N) is 1. The van der Waals surface area contributed by atoms with E-state index in [9.17, 15) is 5.26 Å². The van der Waals surface area contributed by atoms with E-state index in [1.807, 2.05) is 31.2 Å². The van der Waals surface area contributed by atoms with Gasteiger partial charge >= 0.3 is 0 Å². The van der Waals surface area contributed by atoms with Crippen molar-refractivity contribution in [1.82, 2.24) is 5.32 Å². The predicted molar refractivity (Wildman–Crippen MR) is 66.9 cm³/mol. The van der Waals surface area contributed by atoms with Crippen molar-refractivity contribution in [3.63, 3.8) is 0 Å². The fourth-order valence-corrected chi connectivity index (χ4v) is 2.03. The second-order valence-corrected chi connectivity index (χ2v) is 4.85. The van der Waals surface area contributed by atoms with Crippen molar-refractivity contribution in [2.45, 2.75) is 37.8 Å². The molecule has 1 fully saturated rings. The Hall–Kier alpha value is -1.53. The van der Waals surface area contributed by atoms with Crippen LogP contribution in [-0.2, 0) is 6.42 Å². The lowest BCUT2D eigenvalue weighted by atomic mass is 9.93. The number of benzene rings is 1. The molecule has 0 amide bonds. The molecule has 0 saturated heterocycles. The fourth-order valence-electron chi connectivity index (χ4n) is 2.03. The molecule has 17 heavy (non-hydrogen) atoms. The fraction of sp³-hybridized carbons (Fsp3) is 0.500. The van der Waals surface area contributed by atoms with Crippen molar-refractivity contribution in [2.75, 3.05) is 7.11 Å². The number of hydrogen-bond acceptors (Lipinski definition) is 3. The van der Waals surface area contributed by atoms with Crippen LogP contribution in [0.15, 0.2) is 24.3 Å². The van der Waals surface area contributed by atoms with E-state index in [0.717, 1.165) is 11.3 Å². The zero-order chi connectivity index (χ0) is 12.3. The van der Waals surface area contributed by atoms with Crippen LogP contribution in [0.2, 0.25) is 0 Å². The lowest BCUT2D eigenvalue weighted by Crippen LogP contribution is -2.44. The standard InChI is InChI=1S/C14H18N2O/c1-14(10-15,16-12-7-8-12)9-11-5-3-4-6-13(11)17-2/h3-6,12,16H,7-9H2,1-2H3. The second-order valence-electron chi connectivity index (χ2n) is 4.85. The molecule has 3 heteroatoms. The summed E-state index contributed by atoms with van der Waals surface area (Å²) in [6, 6.07) is 10.8. The van der Waals surface area contributed by atoms with E-state index in [1.165, 1.54) is 12.8 Å². The summed E-state index contributed by atoms with van der Waals surface area (Å²) in [4.78, 5) is 0. The molecular formula is C14H18N2O. The summed E-state index contributed by atoms with van der Waals surface area (Å²) < 4.78 is 5.32. The molecule has 3 nitrogen and oxygen atoms in total. The lowest BCUT2D eigenvalue weighted by molar-refractivity contribution is 0.394. The maximum atomic E-state index is 9.33. The van der Waals surface area contributed by atoms with E-state index in [1.54, 1.807) is 7.11 Å². The van der Waals surface area contributed by atoms with Crippen molar-refractivity contribution in [1.29, 1.82) is 5.26 Å². The van der Waals surface area contributed by atoms with Crippen LogP contribution in [0.4, 0.5) is 0 Å². The van der Waals surface area contributed by atoms with Crippen LogP contribution in [0.5, 0.6) is 5.75 Å². The predicted octanol–water partition coefficient (Wildman–Crippen LogP) is 2.27. The SMILES string of the molecule is COc1ccccc1CC(C)(C#N)NC1CC1. The van der Waals surface area contributed by atoms with Crippen LogP contribution in [0, 0.1) is 11.3 Å². The Balaban J connectivity index is 2.14. The summed E-state index contributed by atoms with van der Waals surface area (Å²) in [5, 5.41) is 12.7. The first-order chi connectivity index (χ1) is 8.17. The number of nitriles is 1. The third kappa shape index (κ3) is 2.98. The van der Waals surface area contributed by atoms with Gasteiger partial charge in [-0.3, -0.25) is 5.32 Å². The number of ether oxygens (including phenoxy) is 1. The van der Waals surface area contributed by atoms with Crippen molar-refractivity contribution in [3.8, 4) is 11.8 Å². The van der Waals surface area contributed by atoms with Crippen LogP contribution in [0.25, 0.3) is 0 Å². The average molecular weight is 230 g/mol. The Morgan fingerprint density at radius 1 is 1.47 bits per heavy atom. The second kappa shape index (κ2) is 4.77. The summed E-state index contributed by atoms with van der Waals surface area (Å²) in [7, 11) is 1.66. The zero-order valence-electron chi connectivity index (χ0n) is 10.4. The first-order valence-corrected chi connectivity index (χ1v) is 5.98. The van der Waals surface area contributed by atoms with Gasteiger partial charge in [-0.1, -0.05) is 18.2 Å². The monoisotopic (exact) mass is 230 g/mol. The first kappa shape index (κ1) is 11.9. The Bertz CT molecular complexity index is 434. The van der Waals surface area contributed by atoms with Gasteiger partial charge in [0.1, 0.15) is 11.3 Å². The van der Waals surface area contributed by atoms with Crippen LogP contribution in [0.1, 0.15) is 25.3 Å². The Kier molecular flexibility index (Phi) is 3.35. The molecule has 1 aliphatic rings. The molecule has 0 heterocycles. The number of methoxy groups -OCH3 is 1. The minimum atomic E-state index is -0.504. The maximum absolute atomic E-state index is 9.33. The van der Waals surface area contributed by atoms with E-state index in [0.29, 0.717) is 12.5 Å². The molecule has 0 spiro atoms. The van der Waals surface area contributed by atoms with Gasteiger partial charge < -0.3 is 4.74 Å². The van der Waals surface area contributed by atoms with Crippen LogP contribution in [-0.4, -0.2) is 18.7 Å². The molecule has 1 aromatic rings. The highest BCUT2D eigenvalue weighted by molar-refractivity contribution is 5.36. The van der Waals surface area contributed by atoms with Gasteiger partial charge in [-0.15, -0.1) is 0 Å². The molecule has 0 aromatic heterocycles. The number of para-hydroxylation sites is 1. The smallest absolute Gasteiger partial charge is 0.122 e. The molecule has 1 unspecified atom stereocenters. The molecule has 2 rings (SSSR count). The molecular weight excluding hydrogens is 212 g/mol. The van der Waals surface area contributed by atoms with Gasteiger partial charge in [0.2, 0.25) is 0 Å². The third-order valence-corrected chi connectivity index (χ3v) is 3.08. The van der Waals surface area contributed by atoms with Crippen LogP contribution >= 0.6 is 0 Å². The molecule has 1 aromatic carbocycles. The Morgan fingerprint density at radius 3 is 2.76 bits per heavy atom. The van der Waals surface area contributed by atoms with Crippen molar-refractivity contribution in [3.05, 3.63) is 29.8 Å². The molecule has 0 radical (unpaired) electrons. The largest absolute Gasteiger partial charge is 0.496 e. The maximum Gasteiger partial charge on any atom is 0.122 e. The van der Waals surface area contributed by atoms with Gasteiger partial charge in [0, 0.05) is 12.5 Å². The number of hydrogen-bond donors (Lipinski definition) is 1. The van der Waals surface area contributed by atoms with E-state index < -0.39 is 5.54 Å². The minimum absolute atomic E-state index is 0.504. The normalized spacial score (nSPS) is 18.2. The minimum Gasteiger partial charge on any atom is -0.496 e. The van der Waals surface area contributed by atoms with E-state index in [-0.39, 0.29) is 0 Å². The van der Waals surface area contributed by atoms with E-state index >= 15 is 0 Å². The molecule has 1 atom stereocenters. The van der Waals surface area contributed by atoms with Crippen molar-refractivity contribution < 1.29 is 4.74 Å². The Labute approximate surface area is 102 Å². The summed E-state index contributed by atoms with van der Waals surface area (Å²) in [5.41, 5.74) is 0.572.